The minimum atomic E-state index is 0.152. The van der Waals surface area contributed by atoms with Crippen LogP contribution >= 0.6 is 0 Å². The van der Waals surface area contributed by atoms with Gasteiger partial charge in [0.05, 0.1) is 37.3 Å². The SMILES string of the molecule is CCOc1ccc(CC(=O)N2CCc3nc[nH]c3C2)cc1. The second-order valence-corrected chi connectivity index (χ2v) is 5.15. The van der Waals surface area contributed by atoms with Gasteiger partial charge in [0.2, 0.25) is 5.91 Å². The average Bonchev–Trinajstić information content (AvgIpc) is 2.97. The molecule has 0 radical (unpaired) electrons. The summed E-state index contributed by atoms with van der Waals surface area (Å²) < 4.78 is 5.41. The lowest BCUT2D eigenvalue weighted by Gasteiger charge is -2.26. The zero-order valence-corrected chi connectivity index (χ0v) is 12.1. The van der Waals surface area contributed by atoms with Crippen LogP contribution in [-0.4, -0.2) is 33.9 Å². The van der Waals surface area contributed by atoms with E-state index in [-0.39, 0.29) is 5.91 Å². The molecule has 0 atom stereocenters. The number of ether oxygens (including phenoxy) is 1. The van der Waals surface area contributed by atoms with Gasteiger partial charge in [-0.3, -0.25) is 4.79 Å². The van der Waals surface area contributed by atoms with E-state index in [1.54, 1.807) is 6.33 Å². The molecule has 5 heteroatoms. The van der Waals surface area contributed by atoms with Gasteiger partial charge in [0.25, 0.3) is 0 Å². The van der Waals surface area contributed by atoms with Crippen LogP contribution in [0.25, 0.3) is 0 Å². The van der Waals surface area contributed by atoms with Crippen LogP contribution < -0.4 is 4.74 Å². The van der Waals surface area contributed by atoms with Gasteiger partial charge >= 0.3 is 0 Å². The Labute approximate surface area is 124 Å². The van der Waals surface area contributed by atoms with E-state index in [1.165, 1.54) is 0 Å². The van der Waals surface area contributed by atoms with Gasteiger partial charge in [-0.1, -0.05) is 12.1 Å². The molecule has 0 aliphatic carbocycles. The summed E-state index contributed by atoms with van der Waals surface area (Å²) in [6.07, 6.45) is 2.95. The number of rotatable bonds is 4. The average molecular weight is 285 g/mol. The van der Waals surface area contributed by atoms with Crippen molar-refractivity contribution in [2.75, 3.05) is 13.2 Å². The maximum Gasteiger partial charge on any atom is 0.227 e. The van der Waals surface area contributed by atoms with Crippen molar-refractivity contribution in [1.29, 1.82) is 0 Å². The van der Waals surface area contributed by atoms with E-state index in [9.17, 15) is 4.79 Å². The third-order valence-corrected chi connectivity index (χ3v) is 3.72. The summed E-state index contributed by atoms with van der Waals surface area (Å²) in [5.41, 5.74) is 3.15. The van der Waals surface area contributed by atoms with Crippen LogP contribution in [0, 0.1) is 0 Å². The first-order chi connectivity index (χ1) is 10.3. The maximum atomic E-state index is 12.4. The largest absolute Gasteiger partial charge is 0.494 e. The number of nitrogens with one attached hydrogen (secondary N) is 1. The number of nitrogens with zero attached hydrogens (tertiary/aromatic N) is 2. The van der Waals surface area contributed by atoms with Crippen LogP contribution in [-0.2, 0) is 24.2 Å². The van der Waals surface area contributed by atoms with Crippen molar-refractivity contribution >= 4 is 5.91 Å². The Morgan fingerprint density at radius 1 is 1.38 bits per heavy atom. The molecular formula is C16H19N3O2. The monoisotopic (exact) mass is 285 g/mol. The first-order valence-electron chi connectivity index (χ1n) is 7.27. The highest BCUT2D eigenvalue weighted by Gasteiger charge is 2.22. The predicted molar refractivity (Wildman–Crippen MR) is 79.0 cm³/mol. The summed E-state index contributed by atoms with van der Waals surface area (Å²) >= 11 is 0. The van der Waals surface area contributed by atoms with Gasteiger partial charge in [-0.25, -0.2) is 4.98 Å². The molecule has 0 fully saturated rings. The van der Waals surface area contributed by atoms with Crippen molar-refractivity contribution in [2.24, 2.45) is 0 Å². The van der Waals surface area contributed by atoms with Crippen molar-refractivity contribution in [2.45, 2.75) is 26.3 Å². The standard InChI is InChI=1S/C16H19N3O2/c1-2-21-13-5-3-12(4-6-13)9-16(20)19-8-7-14-15(10-19)18-11-17-14/h3-6,11H,2,7-10H2,1H3,(H,17,18). The lowest BCUT2D eigenvalue weighted by Crippen LogP contribution is -2.37. The van der Waals surface area contributed by atoms with Crippen molar-refractivity contribution in [3.05, 3.63) is 47.5 Å². The van der Waals surface area contributed by atoms with Crippen LogP contribution in [0.4, 0.5) is 0 Å². The molecule has 0 unspecified atom stereocenters. The zero-order valence-electron chi connectivity index (χ0n) is 12.1. The molecule has 1 aromatic heterocycles. The lowest BCUT2D eigenvalue weighted by atomic mass is 10.1. The number of aromatic nitrogens is 2. The summed E-state index contributed by atoms with van der Waals surface area (Å²) in [4.78, 5) is 21.6. The molecule has 0 spiro atoms. The maximum absolute atomic E-state index is 12.4. The van der Waals surface area contributed by atoms with E-state index in [0.717, 1.165) is 35.7 Å². The summed E-state index contributed by atoms with van der Waals surface area (Å²) in [5, 5.41) is 0. The molecule has 21 heavy (non-hydrogen) atoms. The molecule has 1 amide bonds. The van der Waals surface area contributed by atoms with Crippen LogP contribution in [0.3, 0.4) is 0 Å². The molecule has 5 nitrogen and oxygen atoms in total. The molecule has 0 bridgehead atoms. The minimum Gasteiger partial charge on any atom is -0.494 e. The number of hydrogen-bond donors (Lipinski definition) is 1. The van der Waals surface area contributed by atoms with Crippen molar-refractivity contribution in [3.8, 4) is 5.75 Å². The van der Waals surface area contributed by atoms with Crippen molar-refractivity contribution < 1.29 is 9.53 Å². The number of carbonyl (C=O) groups excluding carboxylic acids is 1. The van der Waals surface area contributed by atoms with E-state index >= 15 is 0 Å². The van der Waals surface area contributed by atoms with Gasteiger partial charge in [0, 0.05) is 13.0 Å². The van der Waals surface area contributed by atoms with Gasteiger partial charge in [0.1, 0.15) is 5.75 Å². The molecule has 1 aromatic carbocycles. The highest BCUT2D eigenvalue weighted by Crippen LogP contribution is 2.17. The first kappa shape index (κ1) is 13.7. The Morgan fingerprint density at radius 3 is 2.95 bits per heavy atom. The third-order valence-electron chi connectivity index (χ3n) is 3.72. The molecule has 110 valence electrons. The van der Waals surface area contributed by atoms with E-state index in [0.29, 0.717) is 19.6 Å². The van der Waals surface area contributed by atoms with Gasteiger partial charge in [-0.05, 0) is 24.6 Å². The molecule has 2 heterocycles. The number of amides is 1. The number of imidazole rings is 1. The van der Waals surface area contributed by atoms with E-state index in [4.69, 9.17) is 4.74 Å². The Kier molecular flexibility index (Phi) is 3.90. The fourth-order valence-corrected chi connectivity index (χ4v) is 2.58. The van der Waals surface area contributed by atoms with Gasteiger partial charge < -0.3 is 14.6 Å². The van der Waals surface area contributed by atoms with Crippen LogP contribution in [0.5, 0.6) is 5.75 Å². The highest BCUT2D eigenvalue weighted by molar-refractivity contribution is 5.79. The first-order valence-corrected chi connectivity index (χ1v) is 7.27. The molecule has 1 N–H and O–H groups in total. The van der Waals surface area contributed by atoms with Crippen LogP contribution in [0.15, 0.2) is 30.6 Å². The second-order valence-electron chi connectivity index (χ2n) is 5.15. The van der Waals surface area contributed by atoms with E-state index in [2.05, 4.69) is 9.97 Å². The minimum absolute atomic E-state index is 0.152. The number of hydrogen-bond acceptors (Lipinski definition) is 3. The number of aromatic amines is 1. The van der Waals surface area contributed by atoms with Gasteiger partial charge in [-0.15, -0.1) is 0 Å². The van der Waals surface area contributed by atoms with Gasteiger partial charge in [-0.2, -0.15) is 0 Å². The summed E-state index contributed by atoms with van der Waals surface area (Å²) in [7, 11) is 0. The highest BCUT2D eigenvalue weighted by atomic mass is 16.5. The summed E-state index contributed by atoms with van der Waals surface area (Å²) in [6.45, 7) is 3.98. The van der Waals surface area contributed by atoms with E-state index < -0.39 is 0 Å². The Hall–Kier alpha value is -2.30. The van der Waals surface area contributed by atoms with Crippen molar-refractivity contribution in [3.63, 3.8) is 0 Å². The Morgan fingerprint density at radius 2 is 2.19 bits per heavy atom. The Balaban J connectivity index is 1.61. The fraction of sp³-hybridized carbons (Fsp3) is 0.375. The number of fused-ring (bicyclic) bond motifs is 1. The number of H-pyrrole nitrogens is 1. The number of benzene rings is 1. The van der Waals surface area contributed by atoms with E-state index in [1.807, 2.05) is 36.1 Å². The topological polar surface area (TPSA) is 58.2 Å². The predicted octanol–water partition coefficient (Wildman–Crippen LogP) is 1.94. The molecule has 1 aliphatic rings. The molecule has 2 aromatic rings. The zero-order chi connectivity index (χ0) is 14.7. The molecule has 3 rings (SSSR count). The summed E-state index contributed by atoms with van der Waals surface area (Å²) in [6, 6.07) is 7.73. The smallest absolute Gasteiger partial charge is 0.227 e. The van der Waals surface area contributed by atoms with Crippen molar-refractivity contribution in [1.82, 2.24) is 14.9 Å². The molecule has 0 saturated carbocycles. The molecular weight excluding hydrogens is 266 g/mol. The second kappa shape index (κ2) is 5.99. The molecule has 1 aliphatic heterocycles. The lowest BCUT2D eigenvalue weighted by molar-refractivity contribution is -0.131. The molecule has 0 saturated heterocycles. The van der Waals surface area contributed by atoms with Crippen LogP contribution in [0.2, 0.25) is 0 Å². The normalized spacial score (nSPS) is 13.9. The Bertz CT molecular complexity index is 619. The quantitative estimate of drug-likeness (QED) is 0.934. The van der Waals surface area contributed by atoms with Gasteiger partial charge in [0.15, 0.2) is 0 Å². The van der Waals surface area contributed by atoms with Crippen LogP contribution in [0.1, 0.15) is 23.9 Å². The fourth-order valence-electron chi connectivity index (χ4n) is 2.58. The number of carbonyl (C=O) groups is 1. The summed E-state index contributed by atoms with van der Waals surface area (Å²) in [5.74, 6) is 0.994. The third kappa shape index (κ3) is 3.07.